The molecule has 0 aromatic carbocycles. The number of nitrogens with two attached hydrogens (primary N) is 1. The summed E-state index contributed by atoms with van der Waals surface area (Å²) in [6.07, 6.45) is 12.4. The number of rotatable bonds is 3. The van der Waals surface area contributed by atoms with Crippen LogP contribution in [0.25, 0.3) is 0 Å². The molecule has 0 radical (unpaired) electrons. The minimum atomic E-state index is 0.216. The Morgan fingerprint density at radius 3 is 2.29 bits per heavy atom. The van der Waals surface area contributed by atoms with E-state index in [1.54, 1.807) is 0 Å². The first-order chi connectivity index (χ1) is 6.70. The van der Waals surface area contributed by atoms with Crippen LogP contribution in [0.1, 0.15) is 64.7 Å². The van der Waals surface area contributed by atoms with Crippen molar-refractivity contribution in [2.24, 2.45) is 17.6 Å². The monoisotopic (exact) mass is 195 g/mol. The smallest absolute Gasteiger partial charge is 0.0157 e. The fourth-order valence-corrected chi connectivity index (χ4v) is 3.28. The molecule has 0 amide bonds. The van der Waals surface area contributed by atoms with Crippen molar-refractivity contribution in [3.63, 3.8) is 0 Å². The Kier molecular flexibility index (Phi) is 3.16. The zero-order chi connectivity index (χ0) is 10.0. The van der Waals surface area contributed by atoms with Crippen LogP contribution < -0.4 is 5.73 Å². The summed E-state index contributed by atoms with van der Waals surface area (Å²) in [6.45, 7) is 2.42. The molecular weight excluding hydrogens is 170 g/mol. The Morgan fingerprint density at radius 1 is 1.14 bits per heavy atom. The molecule has 1 atom stereocenters. The Morgan fingerprint density at radius 2 is 1.79 bits per heavy atom. The summed E-state index contributed by atoms with van der Waals surface area (Å²) in [5.41, 5.74) is 6.69. The van der Waals surface area contributed by atoms with E-state index in [0.29, 0.717) is 0 Å². The van der Waals surface area contributed by atoms with E-state index in [0.717, 1.165) is 11.8 Å². The van der Waals surface area contributed by atoms with Gasteiger partial charge < -0.3 is 5.73 Å². The molecule has 14 heavy (non-hydrogen) atoms. The van der Waals surface area contributed by atoms with Crippen LogP contribution in [0.4, 0.5) is 0 Å². The van der Waals surface area contributed by atoms with Gasteiger partial charge in [-0.2, -0.15) is 0 Å². The third-order valence-corrected chi connectivity index (χ3v) is 4.53. The molecular formula is C13H25N. The first-order valence-corrected chi connectivity index (χ1v) is 6.48. The normalized spacial score (nSPS) is 29.6. The van der Waals surface area contributed by atoms with Crippen molar-refractivity contribution in [1.82, 2.24) is 0 Å². The highest BCUT2D eigenvalue weighted by Crippen LogP contribution is 2.39. The standard InChI is InChI=1S/C13H25N/c1-11(12-6-5-7-12)10-13(14)8-3-2-4-9-13/h11-12H,2-10,14H2,1H3. The molecule has 0 aromatic heterocycles. The van der Waals surface area contributed by atoms with Crippen molar-refractivity contribution in [2.75, 3.05) is 0 Å². The lowest BCUT2D eigenvalue weighted by Crippen LogP contribution is -2.44. The quantitative estimate of drug-likeness (QED) is 0.733. The van der Waals surface area contributed by atoms with E-state index in [9.17, 15) is 0 Å². The van der Waals surface area contributed by atoms with Crippen molar-refractivity contribution in [3.8, 4) is 0 Å². The highest BCUT2D eigenvalue weighted by atomic mass is 14.7. The molecule has 0 saturated heterocycles. The van der Waals surface area contributed by atoms with Crippen molar-refractivity contribution < 1.29 is 0 Å². The van der Waals surface area contributed by atoms with Crippen LogP contribution in [0.15, 0.2) is 0 Å². The second-order valence-corrected chi connectivity index (χ2v) is 5.80. The lowest BCUT2D eigenvalue weighted by atomic mass is 9.69. The first-order valence-electron chi connectivity index (χ1n) is 6.48. The van der Waals surface area contributed by atoms with Crippen LogP contribution >= 0.6 is 0 Å². The van der Waals surface area contributed by atoms with Crippen LogP contribution in [0.5, 0.6) is 0 Å². The largest absolute Gasteiger partial charge is 0.325 e. The van der Waals surface area contributed by atoms with Gasteiger partial charge in [-0.15, -0.1) is 0 Å². The maximum Gasteiger partial charge on any atom is 0.0157 e. The molecule has 1 unspecified atom stereocenters. The molecule has 2 fully saturated rings. The zero-order valence-electron chi connectivity index (χ0n) is 9.60. The fraction of sp³-hybridized carbons (Fsp3) is 1.00. The SMILES string of the molecule is CC(CC1(N)CCCCC1)C1CCC1. The predicted molar refractivity (Wildman–Crippen MR) is 61.1 cm³/mol. The van der Waals surface area contributed by atoms with E-state index in [1.165, 1.54) is 57.8 Å². The van der Waals surface area contributed by atoms with Gasteiger partial charge >= 0.3 is 0 Å². The first kappa shape index (κ1) is 10.5. The third kappa shape index (κ3) is 2.31. The predicted octanol–water partition coefficient (Wildman–Crippen LogP) is 3.47. The molecule has 1 heteroatoms. The highest BCUT2D eigenvalue weighted by Gasteiger charge is 2.33. The van der Waals surface area contributed by atoms with Crippen LogP contribution in [-0.4, -0.2) is 5.54 Å². The molecule has 2 N–H and O–H groups in total. The van der Waals surface area contributed by atoms with Crippen LogP contribution in [-0.2, 0) is 0 Å². The summed E-state index contributed by atoms with van der Waals surface area (Å²) in [7, 11) is 0. The Hall–Kier alpha value is -0.0400. The maximum atomic E-state index is 6.48. The summed E-state index contributed by atoms with van der Waals surface area (Å²) in [4.78, 5) is 0. The molecule has 2 rings (SSSR count). The van der Waals surface area contributed by atoms with Gasteiger partial charge in [0.2, 0.25) is 0 Å². The minimum absolute atomic E-state index is 0.216. The van der Waals surface area contributed by atoms with Crippen molar-refractivity contribution in [1.29, 1.82) is 0 Å². The van der Waals surface area contributed by atoms with Gasteiger partial charge in [0, 0.05) is 5.54 Å². The van der Waals surface area contributed by atoms with Gasteiger partial charge in [-0.3, -0.25) is 0 Å². The van der Waals surface area contributed by atoms with Gasteiger partial charge in [-0.25, -0.2) is 0 Å². The van der Waals surface area contributed by atoms with Gasteiger partial charge in [0.05, 0.1) is 0 Å². The third-order valence-electron chi connectivity index (χ3n) is 4.53. The molecule has 0 spiro atoms. The molecule has 0 heterocycles. The molecule has 2 saturated carbocycles. The van der Waals surface area contributed by atoms with Gasteiger partial charge in [0.1, 0.15) is 0 Å². The van der Waals surface area contributed by atoms with E-state index >= 15 is 0 Å². The van der Waals surface area contributed by atoms with Crippen LogP contribution in [0.3, 0.4) is 0 Å². The minimum Gasteiger partial charge on any atom is -0.325 e. The average molecular weight is 195 g/mol. The molecule has 0 bridgehead atoms. The highest BCUT2D eigenvalue weighted by molar-refractivity contribution is 4.90. The fourth-order valence-electron chi connectivity index (χ4n) is 3.28. The molecule has 0 aliphatic heterocycles. The molecule has 82 valence electrons. The molecule has 2 aliphatic rings. The Bertz CT molecular complexity index is 178. The summed E-state index contributed by atoms with van der Waals surface area (Å²) in [6, 6.07) is 0. The second-order valence-electron chi connectivity index (χ2n) is 5.80. The van der Waals surface area contributed by atoms with Crippen molar-refractivity contribution >= 4 is 0 Å². The lowest BCUT2D eigenvalue weighted by Gasteiger charge is -2.40. The van der Waals surface area contributed by atoms with E-state index in [2.05, 4.69) is 6.92 Å². The van der Waals surface area contributed by atoms with Crippen molar-refractivity contribution in [2.45, 2.75) is 70.3 Å². The van der Waals surface area contributed by atoms with Crippen molar-refractivity contribution in [3.05, 3.63) is 0 Å². The molecule has 2 aliphatic carbocycles. The summed E-state index contributed by atoms with van der Waals surface area (Å²) < 4.78 is 0. The topological polar surface area (TPSA) is 26.0 Å². The van der Waals surface area contributed by atoms with E-state index in [-0.39, 0.29) is 5.54 Å². The summed E-state index contributed by atoms with van der Waals surface area (Å²) in [5.74, 6) is 1.89. The number of hydrogen-bond donors (Lipinski definition) is 1. The van der Waals surface area contributed by atoms with Crippen LogP contribution in [0.2, 0.25) is 0 Å². The summed E-state index contributed by atoms with van der Waals surface area (Å²) >= 11 is 0. The van der Waals surface area contributed by atoms with E-state index in [1.807, 2.05) is 0 Å². The Balaban J connectivity index is 1.81. The van der Waals surface area contributed by atoms with Crippen LogP contribution in [0, 0.1) is 11.8 Å². The van der Waals surface area contributed by atoms with Gasteiger partial charge in [-0.1, -0.05) is 45.4 Å². The lowest BCUT2D eigenvalue weighted by molar-refractivity contribution is 0.155. The molecule has 0 aromatic rings. The van der Waals surface area contributed by atoms with E-state index < -0.39 is 0 Å². The van der Waals surface area contributed by atoms with Gasteiger partial charge in [-0.05, 0) is 31.1 Å². The maximum absolute atomic E-state index is 6.48. The van der Waals surface area contributed by atoms with Gasteiger partial charge in [0.25, 0.3) is 0 Å². The Labute approximate surface area is 88.4 Å². The number of hydrogen-bond acceptors (Lipinski definition) is 1. The summed E-state index contributed by atoms with van der Waals surface area (Å²) in [5, 5.41) is 0. The second kappa shape index (κ2) is 4.22. The zero-order valence-corrected chi connectivity index (χ0v) is 9.60. The molecule has 1 nitrogen and oxygen atoms in total. The van der Waals surface area contributed by atoms with Gasteiger partial charge in [0.15, 0.2) is 0 Å². The van der Waals surface area contributed by atoms with E-state index in [4.69, 9.17) is 5.73 Å². The average Bonchev–Trinajstić information content (AvgIpc) is 2.00.